The third-order valence-corrected chi connectivity index (χ3v) is 4.38. The second-order valence-corrected chi connectivity index (χ2v) is 7.63. The monoisotopic (exact) mass is 548 g/mol. The van der Waals surface area contributed by atoms with Gasteiger partial charge in [0.15, 0.2) is 0 Å². The van der Waals surface area contributed by atoms with Crippen molar-refractivity contribution in [3.8, 4) is 0 Å². The van der Waals surface area contributed by atoms with E-state index in [0.717, 1.165) is 0 Å². The molecule has 0 spiro atoms. The summed E-state index contributed by atoms with van der Waals surface area (Å²) in [6.07, 6.45) is -18.5. The minimum atomic E-state index is -7.44. The second-order valence-electron chi connectivity index (χ2n) is 6.39. The SMILES string of the molecule is CC(CC(F)(F)C(F)(F)C(F)(F)F)(C(=O)OCCOP(=O)(O)O)C(F)(F)C(F)(F)C(F)(F)F. The first-order valence-corrected chi connectivity index (χ1v) is 9.13. The molecule has 33 heavy (non-hydrogen) atoms. The highest BCUT2D eigenvalue weighted by Gasteiger charge is 2.83. The van der Waals surface area contributed by atoms with E-state index in [1.165, 1.54) is 0 Å². The molecule has 0 amide bonds. The largest absolute Gasteiger partial charge is 0.469 e. The molecule has 0 aromatic heterocycles. The molecule has 2 N–H and O–H groups in total. The van der Waals surface area contributed by atoms with Gasteiger partial charge in [0.2, 0.25) is 0 Å². The van der Waals surface area contributed by atoms with E-state index in [2.05, 4.69) is 9.26 Å². The molecule has 0 aliphatic heterocycles. The van der Waals surface area contributed by atoms with Crippen molar-refractivity contribution in [3.63, 3.8) is 0 Å². The molecule has 0 fully saturated rings. The van der Waals surface area contributed by atoms with E-state index in [9.17, 15) is 70.8 Å². The van der Waals surface area contributed by atoms with Crippen LogP contribution in [0.25, 0.3) is 0 Å². The van der Waals surface area contributed by atoms with Crippen molar-refractivity contribution in [2.24, 2.45) is 5.41 Å². The lowest BCUT2D eigenvalue weighted by Crippen LogP contribution is -2.65. The van der Waals surface area contributed by atoms with Crippen LogP contribution in [-0.4, -0.2) is 65.0 Å². The van der Waals surface area contributed by atoms with Gasteiger partial charge in [-0.3, -0.25) is 9.32 Å². The summed E-state index contributed by atoms with van der Waals surface area (Å²) in [6, 6.07) is 0. The van der Waals surface area contributed by atoms with Crippen molar-refractivity contribution >= 4 is 13.8 Å². The number of ether oxygens (including phenoxy) is 1. The molecule has 0 heterocycles. The molecule has 0 aliphatic rings. The van der Waals surface area contributed by atoms with Gasteiger partial charge >= 0.3 is 49.8 Å². The van der Waals surface area contributed by atoms with Crippen molar-refractivity contribution in [3.05, 3.63) is 0 Å². The molecule has 1 atom stereocenters. The number of hydrogen-bond donors (Lipinski definition) is 2. The van der Waals surface area contributed by atoms with Crippen molar-refractivity contribution in [1.29, 1.82) is 0 Å². The highest BCUT2D eigenvalue weighted by molar-refractivity contribution is 7.46. The first-order chi connectivity index (χ1) is 14.1. The summed E-state index contributed by atoms with van der Waals surface area (Å²) in [5.74, 6) is -32.0. The molecule has 0 aliphatic carbocycles. The molecule has 1 unspecified atom stereocenters. The van der Waals surface area contributed by atoms with E-state index < -0.39 is 81.8 Å². The highest BCUT2D eigenvalue weighted by atomic mass is 31.2. The van der Waals surface area contributed by atoms with E-state index in [1.807, 2.05) is 0 Å². The van der Waals surface area contributed by atoms with Crippen LogP contribution in [0.5, 0.6) is 0 Å². The molecule has 21 heteroatoms. The Morgan fingerprint density at radius 3 is 1.45 bits per heavy atom. The number of carbonyl (C=O) groups is 1. The maximum atomic E-state index is 14.1. The van der Waals surface area contributed by atoms with Crippen LogP contribution in [0.1, 0.15) is 13.3 Å². The maximum absolute atomic E-state index is 14.1. The van der Waals surface area contributed by atoms with Crippen LogP contribution < -0.4 is 0 Å². The van der Waals surface area contributed by atoms with E-state index in [4.69, 9.17) is 9.79 Å². The highest BCUT2D eigenvalue weighted by Crippen LogP contribution is 2.60. The molecule has 6 nitrogen and oxygen atoms in total. The Hall–Kier alpha value is -1.40. The smallest absolute Gasteiger partial charge is 0.463 e. The average molecular weight is 548 g/mol. The van der Waals surface area contributed by atoms with Crippen LogP contribution in [0.15, 0.2) is 0 Å². The van der Waals surface area contributed by atoms with Gasteiger partial charge in [0.25, 0.3) is 0 Å². The van der Waals surface area contributed by atoms with Crippen LogP contribution in [0.2, 0.25) is 0 Å². The summed E-state index contributed by atoms with van der Waals surface area (Å²) in [7, 11) is -5.37. The number of hydrogen-bond acceptors (Lipinski definition) is 4. The Bertz CT molecular complexity index is 757. The fourth-order valence-corrected chi connectivity index (χ4v) is 2.36. The minimum Gasteiger partial charge on any atom is -0.463 e. The summed E-state index contributed by atoms with van der Waals surface area (Å²) < 4.78 is 200. The average Bonchev–Trinajstić information content (AvgIpc) is 2.54. The molecular weight excluding hydrogens is 537 g/mol. The summed E-state index contributed by atoms with van der Waals surface area (Å²) >= 11 is 0. The van der Waals surface area contributed by atoms with Gasteiger partial charge in [-0.25, -0.2) is 4.57 Å². The van der Waals surface area contributed by atoms with E-state index in [-0.39, 0.29) is 0 Å². The molecule has 0 bridgehead atoms. The Labute approximate surface area is 173 Å². The summed E-state index contributed by atoms with van der Waals surface area (Å²) in [5, 5.41) is 0. The van der Waals surface area contributed by atoms with E-state index >= 15 is 0 Å². The van der Waals surface area contributed by atoms with Crippen molar-refractivity contribution in [2.45, 2.75) is 49.4 Å². The Morgan fingerprint density at radius 2 is 1.12 bits per heavy atom. The number of alkyl halides is 14. The molecule has 198 valence electrons. The number of halogens is 14. The van der Waals surface area contributed by atoms with Gasteiger partial charge in [-0.2, -0.15) is 61.5 Å². The zero-order valence-corrected chi connectivity index (χ0v) is 16.3. The summed E-state index contributed by atoms with van der Waals surface area (Å²) in [5.41, 5.74) is -5.41. The van der Waals surface area contributed by atoms with Gasteiger partial charge in [0, 0.05) is 6.42 Å². The number of phosphoric acid groups is 1. The predicted octanol–water partition coefficient (Wildman–Crippen LogP) is 4.70. The van der Waals surface area contributed by atoms with Crippen molar-refractivity contribution in [1.82, 2.24) is 0 Å². The normalized spacial score (nSPS) is 17.0. The van der Waals surface area contributed by atoms with Gasteiger partial charge in [-0.05, 0) is 6.92 Å². The number of rotatable bonds is 10. The first kappa shape index (κ1) is 31.6. The second kappa shape index (κ2) is 8.99. The lowest BCUT2D eigenvalue weighted by atomic mass is 9.74. The third kappa shape index (κ3) is 6.19. The Morgan fingerprint density at radius 1 is 0.727 bits per heavy atom. The number of phosphoric ester groups is 1. The quantitative estimate of drug-likeness (QED) is 0.178. The zero-order valence-electron chi connectivity index (χ0n) is 15.4. The molecule has 0 saturated heterocycles. The zero-order chi connectivity index (χ0) is 27.1. The fourth-order valence-electron chi connectivity index (χ4n) is 2.05. The summed E-state index contributed by atoms with van der Waals surface area (Å²) in [6.45, 7) is -4.17. The molecular formula is C12H11F14O6P. The van der Waals surface area contributed by atoms with Gasteiger partial charge in [-0.1, -0.05) is 0 Å². The molecule has 0 saturated carbocycles. The van der Waals surface area contributed by atoms with Gasteiger partial charge in [0.05, 0.1) is 6.61 Å². The molecule has 0 rings (SSSR count). The Balaban J connectivity index is 6.48. The summed E-state index contributed by atoms with van der Waals surface area (Å²) in [4.78, 5) is 28.4. The maximum Gasteiger partial charge on any atom is 0.469 e. The van der Waals surface area contributed by atoms with Crippen molar-refractivity contribution in [2.75, 3.05) is 13.2 Å². The van der Waals surface area contributed by atoms with Crippen LogP contribution in [0, 0.1) is 5.41 Å². The first-order valence-electron chi connectivity index (χ1n) is 7.60. The van der Waals surface area contributed by atoms with Gasteiger partial charge < -0.3 is 14.5 Å². The van der Waals surface area contributed by atoms with Gasteiger partial charge in [-0.15, -0.1) is 0 Å². The number of carbonyl (C=O) groups excluding carboxylic acids is 1. The van der Waals surface area contributed by atoms with Crippen LogP contribution >= 0.6 is 7.82 Å². The predicted molar refractivity (Wildman–Crippen MR) is 73.6 cm³/mol. The molecule has 0 aromatic carbocycles. The number of esters is 1. The van der Waals surface area contributed by atoms with Crippen LogP contribution in [0.4, 0.5) is 61.5 Å². The van der Waals surface area contributed by atoms with E-state index in [0.29, 0.717) is 0 Å². The minimum absolute atomic E-state index is 0.917. The fraction of sp³-hybridized carbons (Fsp3) is 0.917. The molecule has 0 aromatic rings. The van der Waals surface area contributed by atoms with E-state index in [1.54, 1.807) is 0 Å². The third-order valence-electron chi connectivity index (χ3n) is 3.86. The Kier molecular flexibility index (Phi) is 8.61. The topological polar surface area (TPSA) is 93.1 Å². The lowest BCUT2D eigenvalue weighted by molar-refractivity contribution is -0.391. The van der Waals surface area contributed by atoms with Gasteiger partial charge in [0.1, 0.15) is 12.0 Å². The standard InChI is InChI=1S/C12H11F14O6P/c1-6(5(27)31-2-3-32-33(28,29)30,8(15,16)10(19,20)12(24,25)26)4-7(13,14)9(17,18)11(21,22)23/h2-4H2,1H3,(H2,28,29,30). The van der Waals surface area contributed by atoms with Crippen LogP contribution in [0.3, 0.4) is 0 Å². The van der Waals surface area contributed by atoms with Crippen LogP contribution in [-0.2, 0) is 18.6 Å². The van der Waals surface area contributed by atoms with Crippen molar-refractivity contribution < 1.29 is 89.9 Å². The lowest BCUT2D eigenvalue weighted by Gasteiger charge is -2.42. The molecule has 0 radical (unpaired) electrons.